The first-order chi connectivity index (χ1) is 13.1. The van der Waals surface area contributed by atoms with Gasteiger partial charge in [-0.1, -0.05) is 32.0 Å². The fourth-order valence-corrected chi connectivity index (χ4v) is 6.01. The monoisotopic (exact) mass is 417 g/mol. The maximum Gasteiger partial charge on any atom is 0.248 e. The van der Waals surface area contributed by atoms with Gasteiger partial charge in [0.15, 0.2) is 0 Å². The third-order valence-corrected chi connectivity index (χ3v) is 7.74. The maximum absolute atomic E-state index is 12.3. The summed E-state index contributed by atoms with van der Waals surface area (Å²) in [6.45, 7) is 11.0. The van der Waals surface area contributed by atoms with Crippen molar-refractivity contribution in [3.63, 3.8) is 0 Å². The number of hydrogen-bond donors (Lipinski definition) is 1. The third kappa shape index (κ3) is 4.21. The van der Waals surface area contributed by atoms with E-state index >= 15 is 0 Å². The number of nitrogens with two attached hydrogens (primary N) is 1. The number of benzene rings is 1. The lowest BCUT2D eigenvalue weighted by Gasteiger charge is -2.12. The van der Waals surface area contributed by atoms with Crippen LogP contribution in [0.5, 0.6) is 0 Å². The molecule has 0 aliphatic rings. The van der Waals surface area contributed by atoms with Crippen molar-refractivity contribution in [1.82, 2.24) is 9.55 Å². The number of sulfonamides is 1. The topological polar surface area (TPSA) is 78.0 Å². The van der Waals surface area contributed by atoms with Crippen molar-refractivity contribution in [2.45, 2.75) is 51.8 Å². The second-order valence-corrected chi connectivity index (χ2v) is 10.6. The Morgan fingerprint density at radius 3 is 2.46 bits per heavy atom. The molecule has 150 valence electrons. The molecule has 3 aromatic rings. The fourth-order valence-electron chi connectivity index (χ4n) is 3.42. The van der Waals surface area contributed by atoms with Crippen molar-refractivity contribution in [1.29, 1.82) is 0 Å². The molecule has 7 heteroatoms. The van der Waals surface area contributed by atoms with Crippen molar-refractivity contribution in [2.75, 3.05) is 0 Å². The molecule has 5 nitrogen and oxygen atoms in total. The minimum Gasteiger partial charge on any atom is -0.331 e. The molecular weight excluding hydrogens is 390 g/mol. The molecule has 0 saturated carbocycles. The van der Waals surface area contributed by atoms with Crippen molar-refractivity contribution < 1.29 is 8.42 Å². The standard InChI is InChI=1S/C21H27N3O2S2/c1-13(2)10-19-15(4)20(21(27-19)28(22,25)26)17-6-7-18(14(3)11-17)12-24-9-8-23-16(24)5/h6-9,11,13H,10,12H2,1-5H3,(H2,22,25,26). The number of hydrogen-bond acceptors (Lipinski definition) is 4. The zero-order valence-corrected chi connectivity index (χ0v) is 18.6. The number of rotatable bonds is 6. The Balaban J connectivity index is 2.07. The van der Waals surface area contributed by atoms with E-state index in [1.54, 1.807) is 6.20 Å². The molecule has 2 aromatic heterocycles. The van der Waals surface area contributed by atoms with E-state index in [0.717, 1.165) is 45.9 Å². The molecule has 1 aromatic carbocycles. The Morgan fingerprint density at radius 1 is 1.21 bits per heavy atom. The zero-order valence-electron chi connectivity index (χ0n) is 17.0. The second-order valence-electron chi connectivity index (χ2n) is 7.70. The Labute approximate surface area is 171 Å². The lowest BCUT2D eigenvalue weighted by molar-refractivity contribution is 0.600. The van der Waals surface area contributed by atoms with Crippen LogP contribution >= 0.6 is 11.3 Å². The van der Waals surface area contributed by atoms with E-state index in [2.05, 4.69) is 42.5 Å². The van der Waals surface area contributed by atoms with Crippen LogP contribution in [-0.4, -0.2) is 18.0 Å². The SMILES string of the molecule is Cc1cc(-c2c(S(N)(=O)=O)sc(CC(C)C)c2C)ccc1Cn1ccnc1C. The average molecular weight is 418 g/mol. The molecule has 0 atom stereocenters. The first-order valence-corrected chi connectivity index (χ1v) is 11.7. The largest absolute Gasteiger partial charge is 0.331 e. The van der Waals surface area contributed by atoms with Crippen LogP contribution in [0.4, 0.5) is 0 Å². The highest BCUT2D eigenvalue weighted by molar-refractivity contribution is 7.91. The summed E-state index contributed by atoms with van der Waals surface area (Å²) in [7, 11) is -3.78. The Bertz CT molecular complexity index is 1110. The van der Waals surface area contributed by atoms with Gasteiger partial charge in [-0.3, -0.25) is 0 Å². The maximum atomic E-state index is 12.3. The summed E-state index contributed by atoms with van der Waals surface area (Å²) in [5, 5.41) is 5.56. The van der Waals surface area contributed by atoms with Crippen LogP contribution in [0.1, 0.15) is 41.2 Å². The molecule has 0 unspecified atom stereocenters. The number of aromatic nitrogens is 2. The summed E-state index contributed by atoms with van der Waals surface area (Å²) in [6.07, 6.45) is 4.60. The number of nitrogens with zero attached hydrogens (tertiary/aromatic N) is 2. The lowest BCUT2D eigenvalue weighted by Crippen LogP contribution is -2.11. The first-order valence-electron chi connectivity index (χ1n) is 9.30. The highest BCUT2D eigenvalue weighted by atomic mass is 32.2. The molecule has 0 aliphatic heterocycles. The quantitative estimate of drug-likeness (QED) is 0.644. The molecule has 28 heavy (non-hydrogen) atoms. The number of primary sulfonamides is 1. The molecule has 0 saturated heterocycles. The lowest BCUT2D eigenvalue weighted by atomic mass is 9.97. The number of imidazole rings is 1. The third-order valence-electron chi connectivity index (χ3n) is 4.96. The van der Waals surface area contributed by atoms with Gasteiger partial charge >= 0.3 is 0 Å². The van der Waals surface area contributed by atoms with Crippen LogP contribution in [-0.2, 0) is 23.0 Å². The first kappa shape index (κ1) is 20.8. The van der Waals surface area contributed by atoms with Gasteiger partial charge in [-0.2, -0.15) is 0 Å². The summed E-state index contributed by atoms with van der Waals surface area (Å²) < 4.78 is 26.9. The summed E-state index contributed by atoms with van der Waals surface area (Å²) in [6, 6.07) is 6.12. The van der Waals surface area contributed by atoms with Gasteiger partial charge in [0.1, 0.15) is 10.0 Å². The van der Waals surface area contributed by atoms with Crippen LogP contribution in [0.25, 0.3) is 11.1 Å². The van der Waals surface area contributed by atoms with E-state index in [-0.39, 0.29) is 4.21 Å². The fraction of sp³-hybridized carbons (Fsp3) is 0.381. The summed E-state index contributed by atoms with van der Waals surface area (Å²) >= 11 is 1.31. The summed E-state index contributed by atoms with van der Waals surface area (Å²) in [5.41, 5.74) is 4.95. The molecular formula is C21H27N3O2S2. The van der Waals surface area contributed by atoms with E-state index in [4.69, 9.17) is 5.14 Å². The normalized spacial score (nSPS) is 12.1. The Hall–Kier alpha value is -1.96. The van der Waals surface area contributed by atoms with Gasteiger partial charge in [-0.05, 0) is 55.4 Å². The molecule has 2 heterocycles. The van der Waals surface area contributed by atoms with Gasteiger partial charge in [-0.25, -0.2) is 18.5 Å². The number of aryl methyl sites for hydroxylation is 2. The second kappa shape index (κ2) is 7.81. The van der Waals surface area contributed by atoms with E-state index in [1.165, 1.54) is 16.9 Å². The molecule has 0 aliphatic carbocycles. The molecule has 0 bridgehead atoms. The van der Waals surface area contributed by atoms with Gasteiger partial charge in [0.2, 0.25) is 10.0 Å². The highest BCUT2D eigenvalue weighted by Crippen LogP contribution is 2.40. The molecule has 3 rings (SSSR count). The van der Waals surface area contributed by atoms with Gasteiger partial charge in [0, 0.05) is 29.4 Å². The van der Waals surface area contributed by atoms with Crippen LogP contribution in [0.15, 0.2) is 34.8 Å². The van der Waals surface area contributed by atoms with E-state index < -0.39 is 10.0 Å². The van der Waals surface area contributed by atoms with E-state index in [9.17, 15) is 8.42 Å². The van der Waals surface area contributed by atoms with Gasteiger partial charge in [0.05, 0.1) is 0 Å². The predicted molar refractivity (Wildman–Crippen MR) is 115 cm³/mol. The molecule has 0 spiro atoms. The predicted octanol–water partition coefficient (Wildman–Crippen LogP) is 4.43. The van der Waals surface area contributed by atoms with Crippen LogP contribution in [0.3, 0.4) is 0 Å². The number of thiophene rings is 1. The minimum atomic E-state index is -3.78. The molecule has 0 fully saturated rings. The molecule has 2 N–H and O–H groups in total. The summed E-state index contributed by atoms with van der Waals surface area (Å²) in [4.78, 5) is 5.36. The van der Waals surface area contributed by atoms with Gasteiger partial charge < -0.3 is 4.57 Å². The molecule has 0 amide bonds. The van der Waals surface area contributed by atoms with Crippen molar-refractivity contribution in [3.8, 4) is 11.1 Å². The Morgan fingerprint density at radius 2 is 1.93 bits per heavy atom. The van der Waals surface area contributed by atoms with E-state index in [1.807, 2.05) is 26.1 Å². The average Bonchev–Trinajstić information content (AvgIpc) is 3.13. The van der Waals surface area contributed by atoms with Crippen molar-refractivity contribution in [3.05, 3.63) is 58.0 Å². The van der Waals surface area contributed by atoms with Crippen LogP contribution in [0.2, 0.25) is 0 Å². The van der Waals surface area contributed by atoms with Crippen molar-refractivity contribution in [2.24, 2.45) is 11.1 Å². The van der Waals surface area contributed by atoms with E-state index in [0.29, 0.717) is 5.92 Å². The van der Waals surface area contributed by atoms with Crippen molar-refractivity contribution >= 4 is 21.4 Å². The Kier molecular flexibility index (Phi) is 5.79. The summed E-state index contributed by atoms with van der Waals surface area (Å²) in [5.74, 6) is 1.41. The van der Waals surface area contributed by atoms with Gasteiger partial charge in [0.25, 0.3) is 0 Å². The van der Waals surface area contributed by atoms with Crippen LogP contribution in [0, 0.1) is 26.7 Å². The minimum absolute atomic E-state index is 0.262. The van der Waals surface area contributed by atoms with Gasteiger partial charge in [-0.15, -0.1) is 11.3 Å². The molecule has 0 radical (unpaired) electrons. The van der Waals surface area contributed by atoms with Crippen LogP contribution < -0.4 is 5.14 Å². The highest BCUT2D eigenvalue weighted by Gasteiger charge is 2.24. The smallest absolute Gasteiger partial charge is 0.248 e. The zero-order chi connectivity index (χ0) is 20.6.